The summed E-state index contributed by atoms with van der Waals surface area (Å²) in [6.45, 7) is 0. The van der Waals surface area contributed by atoms with E-state index in [-0.39, 0.29) is 11.3 Å². The number of methoxy groups -OCH3 is 3. The smallest absolute Gasteiger partial charge is 0.355 e. The number of hydrogen-bond donors (Lipinski definition) is 1. The van der Waals surface area contributed by atoms with E-state index < -0.39 is 11.9 Å². The van der Waals surface area contributed by atoms with Gasteiger partial charge in [0.1, 0.15) is 5.70 Å². The molecule has 2 heterocycles. The maximum atomic E-state index is 12.4. The Morgan fingerprint density at radius 1 is 1.08 bits per heavy atom. The number of anilines is 1. The van der Waals surface area contributed by atoms with Crippen molar-refractivity contribution in [1.29, 1.82) is 0 Å². The molecule has 8 heteroatoms. The van der Waals surface area contributed by atoms with E-state index >= 15 is 0 Å². The Morgan fingerprint density at radius 3 is 2.54 bits per heavy atom. The van der Waals surface area contributed by atoms with Crippen LogP contribution >= 0.6 is 0 Å². The summed E-state index contributed by atoms with van der Waals surface area (Å²) in [5, 5.41) is 7.74. The minimum atomic E-state index is -0.663. The van der Waals surface area contributed by atoms with Gasteiger partial charge in [-0.1, -0.05) is 6.08 Å². The van der Waals surface area contributed by atoms with Crippen LogP contribution in [0.2, 0.25) is 0 Å². The number of allylic oxidation sites excluding steroid dienone is 2. The first-order valence-corrected chi connectivity index (χ1v) is 7.67. The van der Waals surface area contributed by atoms with Gasteiger partial charge in [0.2, 0.25) is 5.88 Å². The highest BCUT2D eigenvalue weighted by molar-refractivity contribution is 6.05. The number of H-pyrrole nitrogens is 1. The molecule has 0 fully saturated rings. The van der Waals surface area contributed by atoms with Crippen LogP contribution in [0.15, 0.2) is 53.9 Å². The van der Waals surface area contributed by atoms with Crippen molar-refractivity contribution in [3.63, 3.8) is 0 Å². The maximum absolute atomic E-state index is 12.4. The van der Waals surface area contributed by atoms with Gasteiger partial charge in [0.15, 0.2) is 0 Å². The van der Waals surface area contributed by atoms with Crippen molar-refractivity contribution >= 4 is 28.5 Å². The summed E-state index contributed by atoms with van der Waals surface area (Å²) in [7, 11) is 4.04. The van der Waals surface area contributed by atoms with Gasteiger partial charge >= 0.3 is 11.9 Å². The molecule has 0 saturated carbocycles. The molecule has 1 aromatic heterocycles. The van der Waals surface area contributed by atoms with Crippen molar-refractivity contribution in [1.82, 2.24) is 10.2 Å². The summed E-state index contributed by atoms with van der Waals surface area (Å²) in [4.78, 5) is 26.1. The first-order chi connectivity index (χ1) is 12.6. The van der Waals surface area contributed by atoms with Crippen LogP contribution in [0, 0.1) is 0 Å². The highest BCUT2D eigenvalue weighted by Crippen LogP contribution is 2.31. The number of esters is 2. The number of nitrogens with zero attached hydrogens (tertiary/aromatic N) is 2. The maximum Gasteiger partial charge on any atom is 0.355 e. The van der Waals surface area contributed by atoms with Gasteiger partial charge in [-0.3, -0.25) is 5.10 Å². The number of fused-ring (bicyclic) bond motifs is 1. The second-order valence-corrected chi connectivity index (χ2v) is 5.28. The molecule has 8 nitrogen and oxygen atoms in total. The van der Waals surface area contributed by atoms with Gasteiger partial charge < -0.3 is 19.1 Å². The van der Waals surface area contributed by atoms with E-state index in [9.17, 15) is 9.59 Å². The van der Waals surface area contributed by atoms with Crippen molar-refractivity contribution in [2.75, 3.05) is 26.2 Å². The molecular weight excluding hydrogens is 338 g/mol. The van der Waals surface area contributed by atoms with Crippen molar-refractivity contribution in [3.05, 3.63) is 53.9 Å². The van der Waals surface area contributed by atoms with Crippen LogP contribution in [0.4, 0.5) is 5.69 Å². The molecular formula is C18H17N3O5. The largest absolute Gasteiger partial charge is 0.480 e. The fraction of sp³-hybridized carbons (Fsp3) is 0.167. The van der Waals surface area contributed by atoms with E-state index in [2.05, 4.69) is 10.2 Å². The van der Waals surface area contributed by atoms with Gasteiger partial charge in [0.25, 0.3) is 0 Å². The molecule has 1 aliphatic heterocycles. The predicted molar refractivity (Wildman–Crippen MR) is 94.5 cm³/mol. The predicted octanol–water partition coefficient (Wildman–Crippen LogP) is 2.06. The third kappa shape index (κ3) is 2.92. The number of carbonyl (C=O) groups excluding carboxylic acids is 2. The summed E-state index contributed by atoms with van der Waals surface area (Å²) in [5.74, 6) is -0.831. The average Bonchev–Trinajstić information content (AvgIpc) is 2.95. The monoisotopic (exact) mass is 355 g/mol. The third-order valence-corrected chi connectivity index (χ3v) is 3.87. The molecule has 0 radical (unpaired) electrons. The lowest BCUT2D eigenvalue weighted by molar-refractivity contribution is -0.139. The lowest BCUT2D eigenvalue weighted by atomic mass is 10.1. The number of aromatic nitrogens is 2. The van der Waals surface area contributed by atoms with Gasteiger partial charge in [-0.15, -0.1) is 5.10 Å². The number of aromatic amines is 1. The Labute approximate surface area is 149 Å². The molecule has 1 aromatic carbocycles. The number of benzene rings is 1. The van der Waals surface area contributed by atoms with Gasteiger partial charge in [-0.25, -0.2) is 9.59 Å². The Morgan fingerprint density at radius 2 is 1.85 bits per heavy atom. The van der Waals surface area contributed by atoms with Crippen LogP contribution in [0.25, 0.3) is 10.9 Å². The molecule has 1 N–H and O–H groups in total. The fourth-order valence-corrected chi connectivity index (χ4v) is 2.65. The zero-order valence-corrected chi connectivity index (χ0v) is 14.5. The zero-order valence-electron chi connectivity index (χ0n) is 14.5. The Bertz CT molecular complexity index is 955. The Hall–Kier alpha value is -3.55. The quantitative estimate of drug-likeness (QED) is 0.839. The van der Waals surface area contributed by atoms with Crippen molar-refractivity contribution in [3.8, 4) is 5.88 Å². The SMILES string of the molecule is COC(=O)C1=C(C(=O)OC)N(c2ccc3c(OC)n[nH]c3c2)C=CC=C1. The molecule has 26 heavy (non-hydrogen) atoms. The Kier molecular flexibility index (Phi) is 4.74. The van der Waals surface area contributed by atoms with Crippen LogP contribution in [-0.2, 0) is 19.1 Å². The molecule has 2 aromatic rings. The molecule has 1 aliphatic rings. The number of nitrogens with one attached hydrogen (secondary N) is 1. The zero-order chi connectivity index (χ0) is 18.7. The molecule has 0 bridgehead atoms. The number of hydrogen-bond acceptors (Lipinski definition) is 7. The minimum absolute atomic E-state index is 0.0511. The average molecular weight is 355 g/mol. The van der Waals surface area contributed by atoms with Crippen LogP contribution < -0.4 is 9.64 Å². The molecule has 0 atom stereocenters. The molecule has 0 aliphatic carbocycles. The van der Waals surface area contributed by atoms with Gasteiger partial charge in [0.05, 0.1) is 37.8 Å². The molecule has 0 unspecified atom stereocenters. The van der Waals surface area contributed by atoms with E-state index in [4.69, 9.17) is 14.2 Å². The lowest BCUT2D eigenvalue weighted by Gasteiger charge is -2.23. The molecule has 0 spiro atoms. The first kappa shape index (κ1) is 17.3. The first-order valence-electron chi connectivity index (χ1n) is 7.67. The lowest BCUT2D eigenvalue weighted by Crippen LogP contribution is -2.26. The van der Waals surface area contributed by atoms with E-state index in [0.717, 1.165) is 5.39 Å². The van der Waals surface area contributed by atoms with Crippen molar-refractivity contribution in [2.45, 2.75) is 0 Å². The van der Waals surface area contributed by atoms with Crippen molar-refractivity contribution < 1.29 is 23.8 Å². The van der Waals surface area contributed by atoms with Crippen molar-refractivity contribution in [2.24, 2.45) is 0 Å². The van der Waals surface area contributed by atoms with Crippen LogP contribution in [0.1, 0.15) is 0 Å². The molecule has 0 amide bonds. The summed E-state index contributed by atoms with van der Waals surface area (Å²) < 4.78 is 14.9. The number of ether oxygens (including phenoxy) is 3. The van der Waals surface area contributed by atoms with E-state index in [0.29, 0.717) is 17.1 Å². The molecule has 0 saturated heterocycles. The van der Waals surface area contributed by atoms with Gasteiger partial charge in [0, 0.05) is 11.9 Å². The van der Waals surface area contributed by atoms with E-state index in [1.165, 1.54) is 27.4 Å². The van der Waals surface area contributed by atoms with Crippen LogP contribution in [-0.4, -0.2) is 43.5 Å². The topological polar surface area (TPSA) is 93.8 Å². The Balaban J connectivity index is 2.17. The summed E-state index contributed by atoms with van der Waals surface area (Å²) in [6, 6.07) is 5.39. The fourth-order valence-electron chi connectivity index (χ4n) is 2.65. The summed E-state index contributed by atoms with van der Waals surface area (Å²) in [6.07, 6.45) is 6.52. The molecule has 3 rings (SSSR count). The number of carbonyl (C=O) groups is 2. The van der Waals surface area contributed by atoms with E-state index in [1.54, 1.807) is 35.4 Å². The standard InChI is InChI=1S/C18H17N3O5/c1-24-16-12-8-7-11(10-14(12)19-20-16)21-9-5-4-6-13(17(22)25-2)15(21)18(23)26-3/h4-10H,1-3H3,(H,19,20). The van der Waals surface area contributed by atoms with Gasteiger partial charge in [-0.05, 0) is 30.4 Å². The van der Waals surface area contributed by atoms with E-state index in [1.807, 2.05) is 6.07 Å². The summed E-state index contributed by atoms with van der Waals surface area (Å²) in [5.41, 5.74) is 1.49. The van der Waals surface area contributed by atoms with Gasteiger partial charge in [-0.2, -0.15) is 0 Å². The normalized spacial score (nSPS) is 13.7. The third-order valence-electron chi connectivity index (χ3n) is 3.87. The second-order valence-electron chi connectivity index (χ2n) is 5.28. The minimum Gasteiger partial charge on any atom is -0.480 e. The highest BCUT2D eigenvalue weighted by atomic mass is 16.5. The second kappa shape index (κ2) is 7.14. The number of rotatable bonds is 4. The van der Waals surface area contributed by atoms with Crippen LogP contribution in [0.3, 0.4) is 0 Å². The van der Waals surface area contributed by atoms with Crippen LogP contribution in [0.5, 0.6) is 5.88 Å². The highest BCUT2D eigenvalue weighted by Gasteiger charge is 2.27. The summed E-state index contributed by atoms with van der Waals surface area (Å²) >= 11 is 0. The molecule has 134 valence electrons.